The second kappa shape index (κ2) is 6.60. The van der Waals surface area contributed by atoms with Crippen molar-refractivity contribution >= 4 is 21.8 Å². The Balaban J connectivity index is 1.61. The van der Waals surface area contributed by atoms with Crippen molar-refractivity contribution in [3.8, 4) is 0 Å². The van der Waals surface area contributed by atoms with E-state index in [1.807, 2.05) is 12.1 Å². The molecule has 2 atom stereocenters. The minimum Gasteiger partial charge on any atom is -0.309 e. The summed E-state index contributed by atoms with van der Waals surface area (Å²) in [5.74, 6) is 0.0598. The summed E-state index contributed by atoms with van der Waals surface area (Å²) in [5, 5.41) is 12.3. The third-order valence-corrected chi connectivity index (χ3v) is 4.54. The van der Waals surface area contributed by atoms with Gasteiger partial charge in [0.05, 0.1) is 0 Å². The molecule has 0 aliphatic heterocycles. The lowest BCUT2D eigenvalue weighted by atomic mass is 10.1. The number of carbonyl (C=O) groups excluding carboxylic acids is 1. The molecule has 1 saturated carbocycles. The van der Waals surface area contributed by atoms with Gasteiger partial charge in [0.1, 0.15) is 0 Å². The van der Waals surface area contributed by atoms with Gasteiger partial charge in [0.15, 0.2) is 0 Å². The molecule has 2 aromatic carbocycles. The van der Waals surface area contributed by atoms with Crippen LogP contribution in [-0.4, -0.2) is 17.2 Å². The predicted molar refractivity (Wildman–Crippen MR) is 87.8 cm³/mol. The summed E-state index contributed by atoms with van der Waals surface area (Å²) >= 11 is 3.45. The van der Waals surface area contributed by atoms with E-state index in [-0.39, 0.29) is 0 Å². The van der Waals surface area contributed by atoms with E-state index in [1.54, 1.807) is 17.6 Å². The molecule has 114 valence electrons. The molecule has 22 heavy (non-hydrogen) atoms. The molecule has 0 radical (unpaired) electrons. The molecule has 1 amide bonds. The molecule has 2 unspecified atom stereocenters. The van der Waals surface area contributed by atoms with E-state index in [4.69, 9.17) is 5.21 Å². The number of halogens is 1. The Labute approximate surface area is 137 Å². The van der Waals surface area contributed by atoms with Gasteiger partial charge in [0.25, 0.3) is 5.91 Å². The van der Waals surface area contributed by atoms with Crippen LogP contribution in [0.15, 0.2) is 53.0 Å². The van der Waals surface area contributed by atoms with Crippen LogP contribution in [0.5, 0.6) is 0 Å². The molecule has 0 aromatic heterocycles. The highest BCUT2D eigenvalue weighted by atomic mass is 79.9. The van der Waals surface area contributed by atoms with Gasteiger partial charge in [0, 0.05) is 28.5 Å². The Morgan fingerprint density at radius 1 is 1.18 bits per heavy atom. The van der Waals surface area contributed by atoms with Crippen molar-refractivity contribution < 1.29 is 10.0 Å². The Morgan fingerprint density at radius 2 is 1.91 bits per heavy atom. The van der Waals surface area contributed by atoms with Crippen molar-refractivity contribution in [3.63, 3.8) is 0 Å². The molecular formula is C17H17BrN2O2. The zero-order chi connectivity index (χ0) is 15.5. The smallest absolute Gasteiger partial charge is 0.274 e. The average molecular weight is 361 g/mol. The zero-order valence-electron chi connectivity index (χ0n) is 11.9. The minimum absolute atomic E-state index is 0.436. The Morgan fingerprint density at radius 3 is 2.64 bits per heavy atom. The lowest BCUT2D eigenvalue weighted by Crippen LogP contribution is -2.23. The Hall–Kier alpha value is -1.69. The second-order valence-electron chi connectivity index (χ2n) is 5.48. The molecule has 2 aromatic rings. The maximum Gasteiger partial charge on any atom is 0.274 e. The first-order valence-corrected chi connectivity index (χ1v) is 7.99. The maximum atomic E-state index is 11.6. The van der Waals surface area contributed by atoms with Crippen molar-refractivity contribution in [2.24, 2.45) is 0 Å². The first kappa shape index (κ1) is 15.2. The molecular weight excluding hydrogens is 344 g/mol. The molecule has 1 aliphatic carbocycles. The molecule has 1 aliphatic rings. The highest BCUT2D eigenvalue weighted by Gasteiger charge is 2.37. The molecule has 0 spiro atoms. The van der Waals surface area contributed by atoms with Crippen LogP contribution in [0.1, 0.15) is 33.8 Å². The van der Waals surface area contributed by atoms with E-state index in [9.17, 15) is 4.79 Å². The van der Waals surface area contributed by atoms with E-state index in [1.165, 1.54) is 5.56 Å². The summed E-state index contributed by atoms with van der Waals surface area (Å²) in [4.78, 5) is 11.6. The SMILES string of the molecule is O=C(NO)c1ccccc1CNC1CC1c1ccc(Br)cc1. The van der Waals surface area contributed by atoms with Crippen LogP contribution in [0.3, 0.4) is 0 Å². The Kier molecular flexibility index (Phi) is 4.57. The first-order chi connectivity index (χ1) is 10.7. The highest BCUT2D eigenvalue weighted by Crippen LogP contribution is 2.41. The number of hydrogen-bond donors (Lipinski definition) is 3. The third kappa shape index (κ3) is 3.38. The van der Waals surface area contributed by atoms with Gasteiger partial charge in [-0.1, -0.05) is 46.3 Å². The topological polar surface area (TPSA) is 61.4 Å². The monoisotopic (exact) mass is 360 g/mol. The summed E-state index contributed by atoms with van der Waals surface area (Å²) in [6.45, 7) is 0.612. The van der Waals surface area contributed by atoms with Gasteiger partial charge >= 0.3 is 0 Å². The number of hydroxylamine groups is 1. The highest BCUT2D eigenvalue weighted by molar-refractivity contribution is 9.10. The number of carbonyl (C=O) groups is 1. The van der Waals surface area contributed by atoms with Gasteiger partial charge in [-0.05, 0) is 35.7 Å². The van der Waals surface area contributed by atoms with Crippen LogP contribution in [0.4, 0.5) is 0 Å². The summed E-state index contributed by atoms with van der Waals surface area (Å²) in [6, 6.07) is 16.1. The van der Waals surface area contributed by atoms with Gasteiger partial charge in [-0.2, -0.15) is 0 Å². The van der Waals surface area contributed by atoms with Gasteiger partial charge in [0.2, 0.25) is 0 Å². The zero-order valence-corrected chi connectivity index (χ0v) is 13.5. The largest absolute Gasteiger partial charge is 0.309 e. The fourth-order valence-corrected chi connectivity index (χ4v) is 2.96. The first-order valence-electron chi connectivity index (χ1n) is 7.20. The van der Waals surface area contributed by atoms with E-state index < -0.39 is 5.91 Å². The van der Waals surface area contributed by atoms with Gasteiger partial charge in [-0.25, -0.2) is 5.48 Å². The van der Waals surface area contributed by atoms with Gasteiger partial charge < -0.3 is 5.32 Å². The summed E-state index contributed by atoms with van der Waals surface area (Å²) in [5.41, 5.74) is 4.41. The van der Waals surface area contributed by atoms with Crippen LogP contribution in [0.2, 0.25) is 0 Å². The number of rotatable bonds is 5. The number of amides is 1. The lowest BCUT2D eigenvalue weighted by molar-refractivity contribution is 0.0705. The fourth-order valence-electron chi connectivity index (χ4n) is 2.70. The maximum absolute atomic E-state index is 11.6. The van der Waals surface area contributed by atoms with Crippen molar-refractivity contribution in [2.45, 2.75) is 24.9 Å². The molecule has 5 heteroatoms. The molecule has 1 fully saturated rings. The number of nitrogens with one attached hydrogen (secondary N) is 2. The minimum atomic E-state index is -0.474. The average Bonchev–Trinajstić information content (AvgIpc) is 3.33. The van der Waals surface area contributed by atoms with Crippen LogP contribution >= 0.6 is 15.9 Å². The van der Waals surface area contributed by atoms with E-state index >= 15 is 0 Å². The molecule has 0 saturated heterocycles. The van der Waals surface area contributed by atoms with Crippen LogP contribution < -0.4 is 10.8 Å². The van der Waals surface area contributed by atoms with E-state index in [2.05, 4.69) is 45.5 Å². The van der Waals surface area contributed by atoms with Crippen LogP contribution in [0, 0.1) is 0 Å². The standard InChI is InChI=1S/C17H17BrN2O2/c18-13-7-5-11(6-8-13)15-9-16(15)19-10-12-3-1-2-4-14(12)17(21)20-22/h1-8,15-16,19,22H,9-10H2,(H,20,21). The van der Waals surface area contributed by atoms with Crippen LogP contribution in [-0.2, 0) is 6.54 Å². The van der Waals surface area contributed by atoms with Crippen molar-refractivity contribution in [1.29, 1.82) is 0 Å². The lowest BCUT2D eigenvalue weighted by Gasteiger charge is -2.09. The predicted octanol–water partition coefficient (Wildman–Crippen LogP) is 3.21. The fraction of sp³-hybridized carbons (Fsp3) is 0.235. The molecule has 3 rings (SSSR count). The van der Waals surface area contributed by atoms with E-state index in [0.29, 0.717) is 24.1 Å². The van der Waals surface area contributed by atoms with Gasteiger partial charge in [-0.15, -0.1) is 0 Å². The van der Waals surface area contributed by atoms with Gasteiger partial charge in [-0.3, -0.25) is 10.0 Å². The normalized spacial score (nSPS) is 19.7. The number of benzene rings is 2. The van der Waals surface area contributed by atoms with Crippen molar-refractivity contribution in [3.05, 3.63) is 69.7 Å². The quantitative estimate of drug-likeness (QED) is 0.566. The molecule has 4 nitrogen and oxygen atoms in total. The van der Waals surface area contributed by atoms with Crippen molar-refractivity contribution in [1.82, 2.24) is 10.8 Å². The van der Waals surface area contributed by atoms with E-state index in [0.717, 1.165) is 16.5 Å². The second-order valence-corrected chi connectivity index (χ2v) is 6.39. The summed E-state index contributed by atoms with van der Waals surface area (Å²) in [6.07, 6.45) is 1.11. The molecule has 0 bridgehead atoms. The Bertz CT molecular complexity index is 673. The third-order valence-electron chi connectivity index (χ3n) is 4.01. The summed E-state index contributed by atoms with van der Waals surface area (Å²) in [7, 11) is 0. The van der Waals surface area contributed by atoms with Crippen molar-refractivity contribution in [2.75, 3.05) is 0 Å². The van der Waals surface area contributed by atoms with Crippen LogP contribution in [0.25, 0.3) is 0 Å². The molecule has 0 heterocycles. The molecule has 3 N–H and O–H groups in total. The number of hydrogen-bond acceptors (Lipinski definition) is 3. The summed E-state index contributed by atoms with van der Waals surface area (Å²) < 4.78 is 1.09.